The van der Waals surface area contributed by atoms with Gasteiger partial charge in [-0.2, -0.15) is 5.10 Å². The molecule has 0 saturated carbocycles. The number of rotatable bonds is 14. The van der Waals surface area contributed by atoms with E-state index < -0.39 is 0 Å². The van der Waals surface area contributed by atoms with Crippen molar-refractivity contribution in [3.8, 4) is 0 Å². The highest BCUT2D eigenvalue weighted by molar-refractivity contribution is 5.95. The van der Waals surface area contributed by atoms with E-state index >= 15 is 0 Å². The van der Waals surface area contributed by atoms with Crippen molar-refractivity contribution >= 4 is 18.2 Å². The Kier molecular flexibility index (Phi) is 11.8. The van der Waals surface area contributed by atoms with Gasteiger partial charge in [0.25, 0.3) is 0 Å². The molecule has 2 unspecified atom stereocenters. The summed E-state index contributed by atoms with van der Waals surface area (Å²) in [6.07, 6.45) is 13.0. The number of likely N-dealkylation sites (tertiary alicyclic amines) is 1. The summed E-state index contributed by atoms with van der Waals surface area (Å²) < 4.78 is 0. The summed E-state index contributed by atoms with van der Waals surface area (Å²) in [7, 11) is 2.22. The molecule has 0 aliphatic carbocycles. The molecule has 2 aromatic carbocycles. The van der Waals surface area contributed by atoms with Crippen molar-refractivity contribution in [1.29, 1.82) is 0 Å². The molecule has 3 rings (SSSR count). The third-order valence-electron chi connectivity index (χ3n) is 7.14. The Morgan fingerprint density at radius 1 is 1.16 bits per heavy atom. The number of nitrogens with zero attached hydrogens (tertiary/aromatic N) is 4. The predicted molar refractivity (Wildman–Crippen MR) is 161 cm³/mol. The van der Waals surface area contributed by atoms with E-state index in [-0.39, 0.29) is 0 Å². The molecule has 1 aliphatic rings. The monoisotopic (exact) mass is 499 g/mol. The van der Waals surface area contributed by atoms with Crippen LogP contribution in [0.4, 0.5) is 5.69 Å². The van der Waals surface area contributed by atoms with Crippen LogP contribution in [0.25, 0.3) is 0 Å². The third-order valence-corrected chi connectivity index (χ3v) is 7.14. The molecule has 2 N–H and O–H groups in total. The molecular weight excluding hydrogens is 454 g/mol. The molecule has 1 heterocycles. The van der Waals surface area contributed by atoms with Crippen molar-refractivity contribution in [2.45, 2.75) is 51.4 Å². The maximum atomic E-state index is 5.57. The molecule has 37 heavy (non-hydrogen) atoms. The number of allylic oxidation sites excluding steroid dienone is 3. The van der Waals surface area contributed by atoms with Crippen LogP contribution < -0.4 is 10.7 Å². The number of hydrazone groups is 1. The van der Waals surface area contributed by atoms with Gasteiger partial charge in [0, 0.05) is 25.7 Å². The first-order chi connectivity index (χ1) is 18.0. The first kappa shape index (κ1) is 28.5. The second-order valence-electron chi connectivity index (χ2n) is 10.2. The van der Waals surface area contributed by atoms with Gasteiger partial charge in [0.2, 0.25) is 0 Å². The van der Waals surface area contributed by atoms with Gasteiger partial charge in [-0.15, -0.1) is 6.58 Å². The van der Waals surface area contributed by atoms with Crippen LogP contribution in [0.2, 0.25) is 0 Å². The average molecular weight is 500 g/mol. The van der Waals surface area contributed by atoms with Crippen molar-refractivity contribution in [3.05, 3.63) is 90.0 Å². The van der Waals surface area contributed by atoms with Gasteiger partial charge in [0.15, 0.2) is 0 Å². The van der Waals surface area contributed by atoms with Crippen molar-refractivity contribution in [2.24, 2.45) is 21.7 Å². The zero-order chi connectivity index (χ0) is 26.5. The van der Waals surface area contributed by atoms with Gasteiger partial charge in [0.05, 0.1) is 5.69 Å². The normalized spacial score (nSPS) is 17.3. The van der Waals surface area contributed by atoms with Crippen LogP contribution in [0.5, 0.6) is 0 Å². The molecule has 198 valence electrons. The Morgan fingerprint density at radius 3 is 2.51 bits per heavy atom. The second-order valence-corrected chi connectivity index (χ2v) is 10.2. The summed E-state index contributed by atoms with van der Waals surface area (Å²) in [6.45, 7) is 13.4. The van der Waals surface area contributed by atoms with Crippen LogP contribution in [0.3, 0.4) is 0 Å². The molecule has 1 saturated heterocycles. The summed E-state index contributed by atoms with van der Waals surface area (Å²) in [5.41, 5.74) is 10.7. The minimum absolute atomic E-state index is 0.375. The van der Waals surface area contributed by atoms with E-state index in [1.165, 1.54) is 42.6 Å². The molecule has 0 spiro atoms. The third kappa shape index (κ3) is 9.10. The Morgan fingerprint density at radius 2 is 1.89 bits per heavy atom. The molecule has 5 heteroatoms. The highest BCUT2D eigenvalue weighted by Crippen LogP contribution is 2.25. The molecule has 0 amide bonds. The highest BCUT2D eigenvalue weighted by Gasteiger charge is 2.19. The summed E-state index contributed by atoms with van der Waals surface area (Å²) in [6, 6.07) is 17.8. The second kappa shape index (κ2) is 15.3. The molecule has 2 aromatic rings. The van der Waals surface area contributed by atoms with Gasteiger partial charge in [-0.25, -0.2) is 5.01 Å². The Bertz CT molecular complexity index is 1020. The maximum absolute atomic E-state index is 5.57. The molecular formula is C32H45N5. The number of aryl methyl sites for hydroxylation is 1. The SMILES string of the molecule is C=CCC(/C=C\CCc1ccc(N(N=C)C(C)=NCCCN)cc1)c1ccc(CC2CCN(C)C2)cc1. The number of hydrogen-bond acceptors (Lipinski definition) is 4. The largest absolute Gasteiger partial charge is 0.330 e. The maximum Gasteiger partial charge on any atom is 0.122 e. The summed E-state index contributed by atoms with van der Waals surface area (Å²) in [5, 5.41) is 5.92. The quantitative estimate of drug-likeness (QED) is 0.110. The molecule has 1 fully saturated rings. The summed E-state index contributed by atoms with van der Waals surface area (Å²) in [5.74, 6) is 2.00. The Labute approximate surface area is 224 Å². The fourth-order valence-electron chi connectivity index (χ4n) is 5.02. The summed E-state index contributed by atoms with van der Waals surface area (Å²) in [4.78, 5) is 6.98. The van der Waals surface area contributed by atoms with Crippen LogP contribution in [0.1, 0.15) is 55.2 Å². The van der Waals surface area contributed by atoms with E-state index in [0.717, 1.165) is 43.1 Å². The van der Waals surface area contributed by atoms with Gasteiger partial charge in [-0.1, -0.05) is 54.6 Å². The fraction of sp³-hybridized carbons (Fsp3) is 0.438. The van der Waals surface area contributed by atoms with E-state index in [9.17, 15) is 0 Å². The molecule has 0 aromatic heterocycles. The topological polar surface area (TPSA) is 57.2 Å². The van der Waals surface area contributed by atoms with Crippen molar-refractivity contribution in [3.63, 3.8) is 0 Å². The predicted octanol–water partition coefficient (Wildman–Crippen LogP) is 6.22. The fourth-order valence-corrected chi connectivity index (χ4v) is 5.02. The molecule has 1 aliphatic heterocycles. The highest BCUT2D eigenvalue weighted by atomic mass is 15.5. The van der Waals surface area contributed by atoms with E-state index in [4.69, 9.17) is 5.73 Å². The Balaban J connectivity index is 1.52. The number of anilines is 1. The van der Waals surface area contributed by atoms with Gasteiger partial charge in [-0.05, 0) is 100 Å². The van der Waals surface area contributed by atoms with Gasteiger partial charge in [0.1, 0.15) is 5.84 Å². The van der Waals surface area contributed by atoms with E-state index in [1.807, 2.05) is 13.0 Å². The number of benzene rings is 2. The average Bonchev–Trinajstić information content (AvgIpc) is 3.32. The lowest BCUT2D eigenvalue weighted by atomic mass is 9.92. The lowest BCUT2D eigenvalue weighted by Crippen LogP contribution is -2.22. The number of amidine groups is 1. The van der Waals surface area contributed by atoms with Gasteiger partial charge < -0.3 is 10.6 Å². The molecule has 5 nitrogen and oxygen atoms in total. The minimum Gasteiger partial charge on any atom is -0.330 e. The smallest absolute Gasteiger partial charge is 0.122 e. The summed E-state index contributed by atoms with van der Waals surface area (Å²) >= 11 is 0. The van der Waals surface area contributed by atoms with Gasteiger partial charge in [-0.3, -0.25) is 4.99 Å². The first-order valence-corrected chi connectivity index (χ1v) is 13.7. The number of nitrogens with two attached hydrogens (primary N) is 1. The van der Waals surface area contributed by atoms with E-state index in [2.05, 4.69) is 96.0 Å². The molecule has 0 bridgehead atoms. The Hall–Kier alpha value is -3.02. The van der Waals surface area contributed by atoms with Crippen LogP contribution >= 0.6 is 0 Å². The van der Waals surface area contributed by atoms with Crippen molar-refractivity contribution < 1.29 is 0 Å². The van der Waals surface area contributed by atoms with E-state index in [0.29, 0.717) is 19.0 Å². The minimum atomic E-state index is 0.375. The zero-order valence-electron chi connectivity index (χ0n) is 22.9. The lowest BCUT2D eigenvalue weighted by Gasteiger charge is -2.18. The standard InChI is InChI=1S/C32H45N5/c1-5-9-30(31-16-12-28(13-17-31)24-29-20-23-36(4)25-29)11-7-6-10-27-14-18-32(19-15-27)37(34-3)26(2)35-22-8-21-33/h5,7,11-19,29-30H,1,3,6,8-10,20-25,33H2,2,4H3/b11-7-,35-26?. The van der Waals surface area contributed by atoms with Crippen LogP contribution in [0, 0.1) is 5.92 Å². The van der Waals surface area contributed by atoms with Crippen molar-refractivity contribution in [1.82, 2.24) is 4.90 Å². The van der Waals surface area contributed by atoms with Crippen LogP contribution in [-0.2, 0) is 12.8 Å². The van der Waals surface area contributed by atoms with Crippen LogP contribution in [-0.4, -0.2) is 50.7 Å². The number of hydrogen-bond donors (Lipinski definition) is 1. The van der Waals surface area contributed by atoms with Crippen LogP contribution in [0.15, 0.2) is 83.4 Å². The zero-order valence-corrected chi connectivity index (χ0v) is 22.9. The number of aliphatic imine (C=N–C) groups is 1. The molecule has 0 radical (unpaired) electrons. The molecule has 2 atom stereocenters. The first-order valence-electron chi connectivity index (χ1n) is 13.7. The van der Waals surface area contributed by atoms with E-state index in [1.54, 1.807) is 5.01 Å². The lowest BCUT2D eigenvalue weighted by molar-refractivity contribution is 0.394. The van der Waals surface area contributed by atoms with Crippen molar-refractivity contribution in [2.75, 3.05) is 38.2 Å². The van der Waals surface area contributed by atoms with Gasteiger partial charge >= 0.3 is 0 Å².